The van der Waals surface area contributed by atoms with Gasteiger partial charge in [0.25, 0.3) is 17.7 Å². The molecule has 3 N–H and O–H groups in total. The number of rotatable bonds is 18. The minimum atomic E-state index is -1.58. The maximum absolute atomic E-state index is 13.9. The van der Waals surface area contributed by atoms with Gasteiger partial charge in [-0.15, -0.1) is 0 Å². The van der Waals surface area contributed by atoms with Gasteiger partial charge in [0.15, 0.2) is 0 Å². The van der Waals surface area contributed by atoms with Crippen molar-refractivity contribution in [1.29, 1.82) is 0 Å². The number of hydrogen-bond donors (Lipinski definition) is 3. The van der Waals surface area contributed by atoms with Crippen molar-refractivity contribution in [2.45, 2.75) is 115 Å². The van der Waals surface area contributed by atoms with Crippen LogP contribution in [0.5, 0.6) is 0 Å². The Morgan fingerprint density at radius 2 is 1.58 bits per heavy atom. The topological polar surface area (TPSA) is 209 Å². The molecule has 3 aromatic rings. The highest BCUT2D eigenvalue weighted by atomic mass is 19.1. The predicted octanol–water partition coefficient (Wildman–Crippen LogP) is 4.81. The number of carbonyl (C=O) groups is 9. The van der Waals surface area contributed by atoms with Crippen LogP contribution in [0.3, 0.4) is 0 Å². The summed E-state index contributed by atoms with van der Waals surface area (Å²) >= 11 is 0. The molecule has 4 aliphatic rings. The molecule has 336 valence electrons. The fourth-order valence-corrected chi connectivity index (χ4v) is 8.89. The monoisotopic (exact) mass is 878 g/mol. The Morgan fingerprint density at radius 3 is 2.31 bits per heavy atom. The molecular formula is C47H51FN6O10. The molecule has 9 amide bonds. The van der Waals surface area contributed by atoms with Crippen molar-refractivity contribution in [2.24, 2.45) is 0 Å². The number of halogens is 1. The minimum absolute atomic E-state index is 0.0283. The number of imide groups is 3. The van der Waals surface area contributed by atoms with Crippen LogP contribution in [0.1, 0.15) is 121 Å². The summed E-state index contributed by atoms with van der Waals surface area (Å²) in [5.74, 6) is -4.24. The van der Waals surface area contributed by atoms with Crippen LogP contribution in [-0.4, -0.2) is 93.2 Å². The summed E-state index contributed by atoms with van der Waals surface area (Å²) in [5, 5.41) is 7.80. The zero-order valence-corrected chi connectivity index (χ0v) is 35.8. The lowest BCUT2D eigenvalue weighted by molar-refractivity contribution is -0.143. The van der Waals surface area contributed by atoms with Gasteiger partial charge in [-0.05, 0) is 92.1 Å². The number of carbonyl (C=O) groups excluding carboxylic acids is 9. The van der Waals surface area contributed by atoms with E-state index in [1.54, 1.807) is 37.3 Å². The Labute approximate surface area is 369 Å². The highest BCUT2D eigenvalue weighted by molar-refractivity contribution is 6.23. The summed E-state index contributed by atoms with van der Waals surface area (Å²) in [4.78, 5) is 119. The van der Waals surface area contributed by atoms with Gasteiger partial charge < -0.3 is 20.3 Å². The van der Waals surface area contributed by atoms with Crippen molar-refractivity contribution in [1.82, 2.24) is 25.3 Å². The van der Waals surface area contributed by atoms with E-state index in [1.807, 2.05) is 6.07 Å². The third-order valence-corrected chi connectivity index (χ3v) is 12.3. The molecule has 3 aromatic carbocycles. The van der Waals surface area contributed by atoms with Crippen molar-refractivity contribution in [3.8, 4) is 0 Å². The number of aryl methyl sites for hydroxylation is 2. The second-order valence-electron chi connectivity index (χ2n) is 16.9. The van der Waals surface area contributed by atoms with Crippen LogP contribution in [0.15, 0.2) is 60.7 Å². The van der Waals surface area contributed by atoms with Gasteiger partial charge in [-0.25, -0.2) is 14.1 Å². The molecule has 3 aliphatic heterocycles. The number of ether oxygens (including phenoxy) is 1. The summed E-state index contributed by atoms with van der Waals surface area (Å²) < 4.78 is 19.5. The first-order chi connectivity index (χ1) is 30.6. The molecule has 17 heteroatoms. The van der Waals surface area contributed by atoms with E-state index >= 15 is 0 Å². The molecule has 1 aliphatic carbocycles. The number of piperidine rings is 1. The first-order valence-electron chi connectivity index (χ1n) is 21.8. The molecule has 1 unspecified atom stereocenters. The first kappa shape index (κ1) is 45.3. The first-order valence-corrected chi connectivity index (χ1v) is 21.8. The molecule has 1 spiro atoms. The number of hydrogen-bond acceptors (Lipinski definition) is 10. The van der Waals surface area contributed by atoms with E-state index in [4.69, 9.17) is 4.74 Å². The molecule has 3 heterocycles. The summed E-state index contributed by atoms with van der Waals surface area (Å²) in [5.41, 5.74) is 2.25. The minimum Gasteiger partial charge on any atom is -0.427 e. The molecule has 0 radical (unpaired) electrons. The van der Waals surface area contributed by atoms with Crippen molar-refractivity contribution in [3.05, 3.63) is 99.9 Å². The maximum atomic E-state index is 13.9. The van der Waals surface area contributed by atoms with Crippen molar-refractivity contribution < 1.29 is 52.3 Å². The second-order valence-corrected chi connectivity index (χ2v) is 16.9. The molecule has 3 atom stereocenters. The highest BCUT2D eigenvalue weighted by Gasteiger charge is 2.58. The van der Waals surface area contributed by atoms with Crippen molar-refractivity contribution in [3.63, 3.8) is 0 Å². The van der Waals surface area contributed by atoms with Gasteiger partial charge in [0, 0.05) is 56.6 Å². The fourth-order valence-electron chi connectivity index (χ4n) is 8.89. The number of fused-ring (bicyclic) bond motifs is 3. The molecule has 64 heavy (non-hydrogen) atoms. The van der Waals surface area contributed by atoms with Crippen molar-refractivity contribution >= 4 is 59.0 Å². The summed E-state index contributed by atoms with van der Waals surface area (Å²) in [6.45, 7) is 2.65. The Hall–Kier alpha value is -6.78. The molecule has 7 rings (SSSR count). The quantitative estimate of drug-likeness (QED) is 0.117. The summed E-state index contributed by atoms with van der Waals surface area (Å²) in [6.07, 6.45) is 5.89. The van der Waals surface area contributed by atoms with Gasteiger partial charge in [0.05, 0.1) is 11.1 Å². The van der Waals surface area contributed by atoms with Gasteiger partial charge >= 0.3 is 6.09 Å². The predicted molar refractivity (Wildman–Crippen MR) is 227 cm³/mol. The van der Waals surface area contributed by atoms with E-state index < -0.39 is 71.6 Å². The van der Waals surface area contributed by atoms with Crippen LogP contribution in [0.2, 0.25) is 0 Å². The molecule has 0 saturated carbocycles. The smallest absolute Gasteiger partial charge is 0.418 e. The molecular weight excluding hydrogens is 828 g/mol. The number of nitrogens with one attached hydrogen (secondary N) is 3. The highest BCUT2D eigenvalue weighted by Crippen LogP contribution is 2.46. The zero-order chi connectivity index (χ0) is 45.7. The number of unbranched alkanes of at least 4 members (excludes halogenated alkanes) is 5. The van der Waals surface area contributed by atoms with Gasteiger partial charge in [-0.2, -0.15) is 0 Å². The summed E-state index contributed by atoms with van der Waals surface area (Å²) in [7, 11) is 0. The molecule has 16 nitrogen and oxygen atoms in total. The Kier molecular flexibility index (Phi) is 13.7. The zero-order valence-electron chi connectivity index (χ0n) is 35.8. The number of benzene rings is 3. The third-order valence-electron chi connectivity index (χ3n) is 12.3. The largest absolute Gasteiger partial charge is 0.427 e. The lowest BCUT2D eigenvalue weighted by Crippen LogP contribution is -2.54. The molecule has 2 fully saturated rings. The Bertz CT molecular complexity index is 2400. The molecule has 2 saturated heterocycles. The van der Waals surface area contributed by atoms with E-state index in [9.17, 15) is 47.5 Å². The van der Waals surface area contributed by atoms with Gasteiger partial charge in [0.1, 0.15) is 18.4 Å². The molecule has 0 aromatic heterocycles. The van der Waals surface area contributed by atoms with E-state index in [1.165, 1.54) is 36.1 Å². The average molecular weight is 879 g/mol. The van der Waals surface area contributed by atoms with E-state index in [0.29, 0.717) is 36.1 Å². The number of nitrogens with zero attached hydrogens (tertiary/aromatic N) is 3. The van der Waals surface area contributed by atoms with Crippen LogP contribution in [0, 0.1) is 5.82 Å². The van der Waals surface area contributed by atoms with Crippen LogP contribution in [-0.2, 0) is 58.5 Å². The lowest BCUT2D eigenvalue weighted by Gasteiger charge is -2.31. The standard InChI is InChI=1S/C47H51FN6O10/c1-28(25-49-39(56)10-8-6-4-3-5-7-9-30-13-17-35-36(23-30)44(61)54(43(35)60)38-19-20-40(57)51-42(38)59)52(26-31-11-14-33(48)15-12-31)41(58)27-53-45(62)47(64-46(53)63)22-21-32-24-34(50-29(2)55)16-18-37(32)47/h11-18,23-24,28,38H,3-10,19-22,25-27H2,1-2H3,(H,49,56)(H,50,55)(H,51,57,59)/t28-,38?,47+/m0/s1. The average Bonchev–Trinajstić information content (AvgIpc) is 3.83. The number of amides is 9. The van der Waals surface area contributed by atoms with Crippen LogP contribution >= 0.6 is 0 Å². The Morgan fingerprint density at radius 1 is 0.875 bits per heavy atom. The summed E-state index contributed by atoms with van der Waals surface area (Å²) in [6, 6.07) is 14.2. The number of anilines is 1. The second kappa shape index (κ2) is 19.3. The lowest BCUT2D eigenvalue weighted by atomic mass is 9.94. The van der Waals surface area contributed by atoms with Crippen LogP contribution in [0.25, 0.3) is 0 Å². The van der Waals surface area contributed by atoms with E-state index in [0.717, 1.165) is 53.0 Å². The van der Waals surface area contributed by atoms with E-state index in [2.05, 4.69) is 16.0 Å². The Balaban J connectivity index is 0.848. The van der Waals surface area contributed by atoms with Gasteiger partial charge in [0.2, 0.25) is 35.1 Å². The third kappa shape index (κ3) is 9.72. The van der Waals surface area contributed by atoms with E-state index in [-0.39, 0.29) is 61.7 Å². The fraction of sp³-hybridized carbons (Fsp3) is 0.426. The maximum Gasteiger partial charge on any atom is 0.418 e. The van der Waals surface area contributed by atoms with Crippen molar-refractivity contribution in [2.75, 3.05) is 18.4 Å². The van der Waals surface area contributed by atoms with Gasteiger partial charge in [-0.3, -0.25) is 48.6 Å². The SMILES string of the molecule is CC(=O)Nc1ccc2c(c1)CC[C@@]21OC(=O)N(CC(=O)N(Cc2ccc(F)cc2)[C@@H](C)CNC(=O)CCCCCCCCc2ccc3c(c2)C(=O)N(C2CCC(=O)NC2=O)C3=O)C1=O. The normalized spacial score (nSPS) is 19.4. The van der Waals surface area contributed by atoms with Crippen LogP contribution in [0.4, 0.5) is 14.9 Å². The van der Waals surface area contributed by atoms with Gasteiger partial charge in [-0.1, -0.05) is 49.9 Å². The van der Waals surface area contributed by atoms with Crippen LogP contribution < -0.4 is 16.0 Å². The molecule has 0 bridgehead atoms.